The summed E-state index contributed by atoms with van der Waals surface area (Å²) in [5.74, 6) is 2.02. The average molecular weight is 407 g/mol. The van der Waals surface area contributed by atoms with Gasteiger partial charge in [-0.2, -0.15) is 0 Å². The second-order valence-corrected chi connectivity index (χ2v) is 11.9. The van der Waals surface area contributed by atoms with E-state index >= 15 is 0 Å². The van der Waals surface area contributed by atoms with E-state index < -0.39 is 5.97 Å². The predicted molar refractivity (Wildman–Crippen MR) is 113 cm³/mol. The predicted octanol–water partition coefficient (Wildman–Crippen LogP) is 4.72. The number of carbonyl (C=O) groups is 1. The normalized spacial score (nSPS) is 51.4. The van der Waals surface area contributed by atoms with Crippen LogP contribution >= 0.6 is 0 Å². The number of fused-ring (bicyclic) bond motifs is 5. The molecule has 0 bridgehead atoms. The maximum absolute atomic E-state index is 11.4. The number of aliphatic hydroxyl groups excluding tert-OH is 2. The Bertz CT molecular complexity index is 634. The lowest BCUT2D eigenvalue weighted by atomic mass is 9.43. The Hall–Kier alpha value is -0.610. The number of hydrogen-bond donors (Lipinski definition) is 3. The van der Waals surface area contributed by atoms with Crippen molar-refractivity contribution in [3.05, 3.63) is 0 Å². The molecule has 4 aliphatic rings. The van der Waals surface area contributed by atoms with E-state index in [9.17, 15) is 20.1 Å². The number of aliphatic carboxylic acids is 1. The van der Waals surface area contributed by atoms with Crippen LogP contribution in [0.5, 0.6) is 0 Å². The van der Waals surface area contributed by atoms with Crippen molar-refractivity contribution in [1.29, 1.82) is 0 Å². The highest BCUT2D eigenvalue weighted by Crippen LogP contribution is 2.68. The van der Waals surface area contributed by atoms with Gasteiger partial charge in [-0.25, -0.2) is 0 Å². The molecule has 0 aromatic rings. The Morgan fingerprint density at radius 2 is 1.62 bits per heavy atom. The molecule has 4 aliphatic carbocycles. The van der Waals surface area contributed by atoms with Crippen LogP contribution in [0.3, 0.4) is 0 Å². The lowest BCUT2D eigenvalue weighted by Crippen LogP contribution is -2.58. The van der Waals surface area contributed by atoms with Crippen molar-refractivity contribution < 1.29 is 20.1 Å². The molecule has 4 nitrogen and oxygen atoms in total. The van der Waals surface area contributed by atoms with Crippen molar-refractivity contribution in [2.75, 3.05) is 0 Å². The third-order valence-corrected chi connectivity index (χ3v) is 10.6. The van der Waals surface area contributed by atoms with Gasteiger partial charge in [0.25, 0.3) is 0 Å². The molecule has 0 aromatic carbocycles. The van der Waals surface area contributed by atoms with Gasteiger partial charge in [0.05, 0.1) is 18.1 Å². The first-order chi connectivity index (χ1) is 13.6. The molecule has 0 heterocycles. The van der Waals surface area contributed by atoms with Gasteiger partial charge in [0.2, 0.25) is 0 Å². The Labute approximate surface area is 176 Å². The number of rotatable bonds is 4. The molecule has 4 fully saturated rings. The van der Waals surface area contributed by atoms with Gasteiger partial charge in [0, 0.05) is 0 Å². The zero-order valence-electron chi connectivity index (χ0n) is 18.8. The van der Waals surface area contributed by atoms with Gasteiger partial charge in [0.15, 0.2) is 0 Å². The summed E-state index contributed by atoms with van der Waals surface area (Å²) in [5.41, 5.74) is 0.503. The molecule has 0 amide bonds. The van der Waals surface area contributed by atoms with Crippen molar-refractivity contribution in [3.8, 4) is 0 Å². The Morgan fingerprint density at radius 1 is 0.966 bits per heavy atom. The van der Waals surface area contributed by atoms with Crippen LogP contribution in [0, 0.1) is 52.3 Å². The minimum absolute atomic E-state index is 0.182. The number of carboxylic acids is 1. The van der Waals surface area contributed by atoms with Crippen LogP contribution in [0.1, 0.15) is 85.5 Å². The molecule has 4 heteroatoms. The van der Waals surface area contributed by atoms with E-state index in [4.69, 9.17) is 0 Å². The fourth-order valence-electron chi connectivity index (χ4n) is 9.00. The van der Waals surface area contributed by atoms with Crippen LogP contribution in [-0.4, -0.2) is 33.5 Å². The highest BCUT2D eigenvalue weighted by molar-refractivity contribution is 5.69. The van der Waals surface area contributed by atoms with Crippen molar-refractivity contribution in [2.24, 2.45) is 52.3 Å². The van der Waals surface area contributed by atoms with Gasteiger partial charge in [-0.05, 0) is 104 Å². The highest BCUT2D eigenvalue weighted by Gasteiger charge is 2.62. The van der Waals surface area contributed by atoms with Crippen LogP contribution in [0.15, 0.2) is 0 Å². The molecule has 0 spiro atoms. The summed E-state index contributed by atoms with van der Waals surface area (Å²) in [6.07, 6.45) is 8.87. The molecule has 0 radical (unpaired) electrons. The van der Waals surface area contributed by atoms with Crippen LogP contribution in [0.4, 0.5) is 0 Å². The summed E-state index contributed by atoms with van der Waals surface area (Å²) in [7, 11) is 0. The molecular weight excluding hydrogens is 364 g/mol. The van der Waals surface area contributed by atoms with E-state index in [0.717, 1.165) is 32.1 Å². The van der Waals surface area contributed by atoms with Crippen LogP contribution in [0.25, 0.3) is 0 Å². The third kappa shape index (κ3) is 3.37. The van der Waals surface area contributed by atoms with E-state index in [-0.39, 0.29) is 29.0 Å². The number of hydrogen-bond acceptors (Lipinski definition) is 3. The van der Waals surface area contributed by atoms with Gasteiger partial charge in [-0.3, -0.25) is 4.79 Å². The Balaban J connectivity index is 1.56. The van der Waals surface area contributed by atoms with E-state index in [0.29, 0.717) is 35.5 Å². The lowest BCUT2D eigenvalue weighted by Gasteiger charge is -2.62. The monoisotopic (exact) mass is 406 g/mol. The van der Waals surface area contributed by atoms with Crippen molar-refractivity contribution >= 4 is 5.97 Å². The van der Waals surface area contributed by atoms with Gasteiger partial charge >= 0.3 is 5.97 Å². The molecule has 11 atom stereocenters. The average Bonchev–Trinajstić information content (AvgIpc) is 3.00. The van der Waals surface area contributed by atoms with Crippen LogP contribution in [-0.2, 0) is 4.79 Å². The first-order valence-electron chi connectivity index (χ1n) is 12.2. The summed E-state index contributed by atoms with van der Waals surface area (Å²) in [4.78, 5) is 11.4. The van der Waals surface area contributed by atoms with Crippen LogP contribution < -0.4 is 0 Å². The zero-order chi connectivity index (χ0) is 21.1. The van der Waals surface area contributed by atoms with Crippen molar-refractivity contribution in [2.45, 2.75) is 97.7 Å². The quantitative estimate of drug-likeness (QED) is 0.631. The zero-order valence-corrected chi connectivity index (χ0v) is 18.8. The summed E-state index contributed by atoms with van der Waals surface area (Å²) < 4.78 is 0. The molecule has 1 unspecified atom stereocenters. The first kappa shape index (κ1) is 21.6. The SMILES string of the molecule is C[C@H](C[C@H](C)C(=O)O)[C@H]1CC[C@H]2[C@@H]3[C@H](O)CC4C[C@H](O)CC[C@]4(C)[C@H]3CC[C@]12C. The minimum Gasteiger partial charge on any atom is -0.481 e. The minimum atomic E-state index is -0.679. The number of aliphatic hydroxyl groups is 2. The van der Waals surface area contributed by atoms with Gasteiger partial charge in [0.1, 0.15) is 0 Å². The van der Waals surface area contributed by atoms with E-state index in [2.05, 4.69) is 20.8 Å². The van der Waals surface area contributed by atoms with E-state index in [1.807, 2.05) is 6.92 Å². The topological polar surface area (TPSA) is 77.8 Å². The summed E-state index contributed by atoms with van der Waals surface area (Å²) in [6, 6.07) is 0. The molecule has 0 aromatic heterocycles. The van der Waals surface area contributed by atoms with Crippen molar-refractivity contribution in [1.82, 2.24) is 0 Å². The Morgan fingerprint density at radius 3 is 2.31 bits per heavy atom. The summed E-state index contributed by atoms with van der Waals surface area (Å²) in [5, 5.41) is 30.9. The second kappa shape index (κ2) is 7.51. The fourth-order valence-corrected chi connectivity index (χ4v) is 9.00. The van der Waals surface area contributed by atoms with Crippen molar-refractivity contribution in [3.63, 3.8) is 0 Å². The third-order valence-electron chi connectivity index (χ3n) is 10.6. The standard InChI is InChI=1S/C25H42O4/c1-14(11-15(2)23(28)29)18-5-6-19-22-20(8-10-25(18,19)4)24(3)9-7-17(26)12-16(24)13-21(22)27/h14-22,26-27H,5-13H2,1-4H3,(H,28,29)/t14-,15+,16?,17-,18-,19+,20+,21-,22+,24+,25-/m1/s1. The largest absolute Gasteiger partial charge is 0.481 e. The maximum Gasteiger partial charge on any atom is 0.306 e. The second-order valence-electron chi connectivity index (χ2n) is 11.9. The molecule has 4 rings (SSSR count). The van der Waals surface area contributed by atoms with Crippen LogP contribution in [0.2, 0.25) is 0 Å². The maximum atomic E-state index is 11.4. The molecule has 0 aliphatic heterocycles. The number of carboxylic acid groups (broad SMARTS) is 1. The van der Waals surface area contributed by atoms with Gasteiger partial charge < -0.3 is 15.3 Å². The highest BCUT2D eigenvalue weighted by atomic mass is 16.4. The molecule has 29 heavy (non-hydrogen) atoms. The lowest BCUT2D eigenvalue weighted by molar-refractivity contribution is -0.174. The Kier molecular flexibility index (Phi) is 5.60. The molecule has 4 saturated carbocycles. The molecule has 166 valence electrons. The molecular formula is C25H42O4. The van der Waals surface area contributed by atoms with Gasteiger partial charge in [-0.1, -0.05) is 27.7 Å². The van der Waals surface area contributed by atoms with Gasteiger partial charge in [-0.15, -0.1) is 0 Å². The summed E-state index contributed by atoms with van der Waals surface area (Å²) in [6.45, 7) is 9.02. The van der Waals surface area contributed by atoms with E-state index in [1.165, 1.54) is 25.7 Å². The fraction of sp³-hybridized carbons (Fsp3) is 0.960. The molecule has 0 saturated heterocycles. The first-order valence-corrected chi connectivity index (χ1v) is 12.2. The molecule has 3 N–H and O–H groups in total. The smallest absolute Gasteiger partial charge is 0.306 e. The summed E-state index contributed by atoms with van der Waals surface area (Å²) >= 11 is 0. The van der Waals surface area contributed by atoms with E-state index in [1.54, 1.807) is 0 Å².